The molecule has 7 heteroatoms. The second-order valence-corrected chi connectivity index (χ2v) is 6.53. The maximum absolute atomic E-state index is 12.4. The molecule has 0 radical (unpaired) electrons. The minimum Gasteiger partial charge on any atom is -0.493 e. The summed E-state index contributed by atoms with van der Waals surface area (Å²) in [6.45, 7) is 3.59. The van der Waals surface area contributed by atoms with Crippen molar-refractivity contribution in [2.45, 2.75) is 20.0 Å². The van der Waals surface area contributed by atoms with E-state index in [-0.39, 0.29) is 5.91 Å². The molecular formula is C23H21N3O4. The van der Waals surface area contributed by atoms with Gasteiger partial charge in [0, 0.05) is 6.07 Å². The number of ether oxygens (including phenoxy) is 3. The number of rotatable bonds is 7. The second-order valence-electron chi connectivity index (χ2n) is 6.53. The molecule has 152 valence electrons. The number of benzene rings is 2. The minimum absolute atomic E-state index is 0.340. The van der Waals surface area contributed by atoms with Crippen molar-refractivity contribution in [2.24, 2.45) is 0 Å². The SMILES string of the molecule is COc1cc(C)ccc1Oc1ccc(NC(=O)C(C)Oc2cccc(C#N)c2)cn1. The van der Waals surface area contributed by atoms with Gasteiger partial charge in [0.25, 0.3) is 5.91 Å². The van der Waals surface area contributed by atoms with Gasteiger partial charge >= 0.3 is 0 Å². The van der Waals surface area contributed by atoms with Crippen LogP contribution in [-0.4, -0.2) is 24.1 Å². The average Bonchev–Trinajstić information content (AvgIpc) is 2.76. The lowest BCUT2D eigenvalue weighted by Crippen LogP contribution is -2.30. The van der Waals surface area contributed by atoms with Crippen molar-refractivity contribution in [3.8, 4) is 29.2 Å². The molecule has 2 aromatic carbocycles. The summed E-state index contributed by atoms with van der Waals surface area (Å²) in [5.74, 6) is 1.64. The fourth-order valence-corrected chi connectivity index (χ4v) is 2.63. The van der Waals surface area contributed by atoms with Crippen LogP contribution in [0.2, 0.25) is 0 Å². The Labute approximate surface area is 174 Å². The third-order valence-corrected chi connectivity index (χ3v) is 4.18. The molecule has 1 amide bonds. The normalized spacial score (nSPS) is 11.1. The van der Waals surface area contributed by atoms with Crippen LogP contribution in [0.1, 0.15) is 18.1 Å². The number of amides is 1. The van der Waals surface area contributed by atoms with Crippen LogP contribution >= 0.6 is 0 Å². The third-order valence-electron chi connectivity index (χ3n) is 4.18. The molecule has 3 rings (SSSR count). The van der Waals surface area contributed by atoms with Crippen LogP contribution in [0.25, 0.3) is 0 Å². The lowest BCUT2D eigenvalue weighted by Gasteiger charge is -2.15. The molecular weight excluding hydrogens is 382 g/mol. The molecule has 3 aromatic rings. The molecule has 0 aliphatic rings. The van der Waals surface area contributed by atoms with Crippen molar-refractivity contribution in [3.63, 3.8) is 0 Å². The first-order chi connectivity index (χ1) is 14.5. The van der Waals surface area contributed by atoms with Gasteiger partial charge in [-0.25, -0.2) is 4.98 Å². The van der Waals surface area contributed by atoms with Crippen LogP contribution in [0.15, 0.2) is 60.8 Å². The van der Waals surface area contributed by atoms with Gasteiger partial charge in [0.2, 0.25) is 5.88 Å². The number of anilines is 1. The molecule has 1 atom stereocenters. The molecule has 1 aromatic heterocycles. The van der Waals surface area contributed by atoms with Crippen molar-refractivity contribution in [2.75, 3.05) is 12.4 Å². The summed E-state index contributed by atoms with van der Waals surface area (Å²) in [7, 11) is 1.58. The predicted octanol–water partition coefficient (Wildman–Crippen LogP) is 4.47. The number of carbonyl (C=O) groups is 1. The zero-order valence-electron chi connectivity index (χ0n) is 16.9. The van der Waals surface area contributed by atoms with Gasteiger partial charge in [0.15, 0.2) is 17.6 Å². The lowest BCUT2D eigenvalue weighted by molar-refractivity contribution is -0.122. The summed E-state index contributed by atoms with van der Waals surface area (Å²) in [5, 5.41) is 11.7. The van der Waals surface area contributed by atoms with E-state index in [0.29, 0.717) is 34.4 Å². The Morgan fingerprint density at radius 2 is 1.97 bits per heavy atom. The largest absolute Gasteiger partial charge is 0.493 e. The molecule has 0 spiro atoms. The third kappa shape index (κ3) is 5.26. The molecule has 0 bridgehead atoms. The fourth-order valence-electron chi connectivity index (χ4n) is 2.63. The van der Waals surface area contributed by atoms with Gasteiger partial charge in [-0.1, -0.05) is 12.1 Å². The Morgan fingerprint density at radius 1 is 1.13 bits per heavy atom. The van der Waals surface area contributed by atoms with Crippen LogP contribution in [0.3, 0.4) is 0 Å². The van der Waals surface area contributed by atoms with E-state index in [4.69, 9.17) is 19.5 Å². The minimum atomic E-state index is -0.758. The first-order valence-corrected chi connectivity index (χ1v) is 9.24. The Hall–Kier alpha value is -4.05. The summed E-state index contributed by atoms with van der Waals surface area (Å²) in [5.41, 5.74) is 2.02. The van der Waals surface area contributed by atoms with Gasteiger partial charge in [-0.15, -0.1) is 0 Å². The highest BCUT2D eigenvalue weighted by Crippen LogP contribution is 2.31. The number of hydrogen-bond donors (Lipinski definition) is 1. The Bertz CT molecular complexity index is 1070. The van der Waals surface area contributed by atoms with E-state index in [1.807, 2.05) is 31.2 Å². The van der Waals surface area contributed by atoms with E-state index in [1.54, 1.807) is 50.4 Å². The van der Waals surface area contributed by atoms with Crippen LogP contribution in [-0.2, 0) is 4.79 Å². The fraction of sp³-hybridized carbons (Fsp3) is 0.174. The summed E-state index contributed by atoms with van der Waals surface area (Å²) >= 11 is 0. The molecule has 0 aliphatic heterocycles. The smallest absolute Gasteiger partial charge is 0.265 e. The quantitative estimate of drug-likeness (QED) is 0.626. The number of aryl methyl sites for hydroxylation is 1. The van der Waals surface area contributed by atoms with E-state index in [0.717, 1.165) is 5.56 Å². The number of nitriles is 1. The Morgan fingerprint density at radius 3 is 2.67 bits per heavy atom. The summed E-state index contributed by atoms with van der Waals surface area (Å²) < 4.78 is 16.7. The number of nitrogens with zero attached hydrogens (tertiary/aromatic N) is 2. The van der Waals surface area contributed by atoms with Crippen molar-refractivity contribution >= 4 is 11.6 Å². The van der Waals surface area contributed by atoms with Crippen molar-refractivity contribution in [3.05, 3.63) is 71.9 Å². The second kappa shape index (κ2) is 9.43. The van der Waals surface area contributed by atoms with Crippen molar-refractivity contribution < 1.29 is 19.0 Å². The molecule has 7 nitrogen and oxygen atoms in total. The van der Waals surface area contributed by atoms with E-state index in [9.17, 15) is 4.79 Å². The molecule has 1 N–H and O–H groups in total. The first-order valence-electron chi connectivity index (χ1n) is 9.24. The summed E-state index contributed by atoms with van der Waals surface area (Å²) in [6, 6.07) is 17.6. The molecule has 30 heavy (non-hydrogen) atoms. The Balaban J connectivity index is 1.61. The van der Waals surface area contributed by atoms with Crippen LogP contribution in [0.5, 0.6) is 23.1 Å². The summed E-state index contributed by atoms with van der Waals surface area (Å²) in [4.78, 5) is 16.6. The van der Waals surface area contributed by atoms with E-state index in [2.05, 4.69) is 10.3 Å². The van der Waals surface area contributed by atoms with Gasteiger partial charge < -0.3 is 19.5 Å². The zero-order valence-corrected chi connectivity index (χ0v) is 16.9. The molecule has 1 heterocycles. The number of carbonyl (C=O) groups excluding carboxylic acids is 1. The van der Waals surface area contributed by atoms with E-state index < -0.39 is 6.10 Å². The molecule has 0 aliphatic carbocycles. The number of hydrogen-bond acceptors (Lipinski definition) is 6. The lowest BCUT2D eigenvalue weighted by atomic mass is 10.2. The predicted molar refractivity (Wildman–Crippen MR) is 112 cm³/mol. The number of aromatic nitrogens is 1. The number of methoxy groups -OCH3 is 1. The maximum atomic E-state index is 12.4. The monoisotopic (exact) mass is 403 g/mol. The molecule has 0 saturated carbocycles. The van der Waals surface area contributed by atoms with Crippen molar-refractivity contribution in [1.29, 1.82) is 5.26 Å². The zero-order chi connectivity index (χ0) is 21.5. The molecule has 1 unspecified atom stereocenters. The van der Waals surface area contributed by atoms with E-state index in [1.165, 1.54) is 6.20 Å². The van der Waals surface area contributed by atoms with Crippen molar-refractivity contribution in [1.82, 2.24) is 4.98 Å². The standard InChI is InChI=1S/C23H21N3O4/c1-15-7-9-20(21(11-15)28-3)30-22-10-8-18(14-25-22)26-23(27)16(2)29-19-6-4-5-17(12-19)13-24/h4-12,14,16H,1-3H3,(H,26,27). The van der Waals surface area contributed by atoms with Gasteiger partial charge in [-0.05, 0) is 55.8 Å². The Kier molecular flexibility index (Phi) is 6.50. The molecule has 0 fully saturated rings. The maximum Gasteiger partial charge on any atom is 0.265 e. The van der Waals surface area contributed by atoms with E-state index >= 15 is 0 Å². The van der Waals surface area contributed by atoms with Gasteiger partial charge in [-0.3, -0.25) is 4.79 Å². The van der Waals surface area contributed by atoms with Gasteiger partial charge in [0.1, 0.15) is 5.75 Å². The summed E-state index contributed by atoms with van der Waals surface area (Å²) in [6.07, 6.45) is 0.739. The number of pyridine rings is 1. The van der Waals surface area contributed by atoms with Crippen LogP contribution in [0, 0.1) is 18.3 Å². The van der Waals surface area contributed by atoms with Crippen LogP contribution < -0.4 is 19.5 Å². The first kappa shape index (κ1) is 20.7. The number of nitrogens with one attached hydrogen (secondary N) is 1. The highest BCUT2D eigenvalue weighted by Gasteiger charge is 2.15. The van der Waals surface area contributed by atoms with Gasteiger partial charge in [-0.2, -0.15) is 5.26 Å². The highest BCUT2D eigenvalue weighted by atomic mass is 16.5. The highest BCUT2D eigenvalue weighted by molar-refractivity contribution is 5.94. The topological polar surface area (TPSA) is 93.5 Å². The van der Waals surface area contributed by atoms with Crippen LogP contribution in [0.4, 0.5) is 5.69 Å². The average molecular weight is 403 g/mol. The molecule has 0 saturated heterocycles. The van der Waals surface area contributed by atoms with Gasteiger partial charge in [0.05, 0.1) is 30.6 Å².